The number of likely N-dealkylation sites (N-methyl/N-ethyl adjacent to an activating group) is 1. The van der Waals surface area contributed by atoms with Crippen molar-refractivity contribution >= 4 is 0 Å². The summed E-state index contributed by atoms with van der Waals surface area (Å²) in [5.74, 6) is 0. The highest BCUT2D eigenvalue weighted by molar-refractivity contribution is 5.40. The molecule has 0 aromatic heterocycles. The van der Waals surface area contributed by atoms with Crippen molar-refractivity contribution in [2.45, 2.75) is 38.0 Å². The molecule has 2 aromatic rings. The van der Waals surface area contributed by atoms with E-state index in [2.05, 4.69) is 67.8 Å². The van der Waals surface area contributed by atoms with E-state index in [-0.39, 0.29) is 5.41 Å². The first kappa shape index (κ1) is 14.3. The van der Waals surface area contributed by atoms with Crippen LogP contribution in [0, 0.1) is 6.92 Å². The van der Waals surface area contributed by atoms with Gasteiger partial charge in [-0.1, -0.05) is 48.5 Å². The fourth-order valence-electron chi connectivity index (χ4n) is 3.95. The van der Waals surface area contributed by atoms with E-state index in [0.29, 0.717) is 0 Å². The Hall–Kier alpha value is -1.60. The van der Waals surface area contributed by atoms with E-state index in [0.717, 1.165) is 13.0 Å². The van der Waals surface area contributed by atoms with Crippen LogP contribution in [0.4, 0.5) is 0 Å². The zero-order valence-electron chi connectivity index (χ0n) is 13.2. The number of hydrogen-bond acceptors (Lipinski definition) is 1. The topological polar surface area (TPSA) is 12.0 Å². The van der Waals surface area contributed by atoms with Crippen LogP contribution in [0.15, 0.2) is 48.5 Å². The van der Waals surface area contributed by atoms with E-state index in [9.17, 15) is 0 Å². The number of fused-ring (bicyclic) bond motifs is 1. The van der Waals surface area contributed by atoms with Crippen molar-refractivity contribution in [2.24, 2.45) is 0 Å². The van der Waals surface area contributed by atoms with Gasteiger partial charge in [0, 0.05) is 12.0 Å². The molecule has 1 nitrogen and oxygen atoms in total. The molecule has 0 fully saturated rings. The van der Waals surface area contributed by atoms with Crippen LogP contribution in [-0.4, -0.2) is 13.6 Å². The Morgan fingerprint density at radius 2 is 1.81 bits per heavy atom. The molecule has 1 aliphatic carbocycles. The molecule has 1 heteroatoms. The molecule has 110 valence electrons. The number of nitrogens with one attached hydrogen (secondary N) is 1. The van der Waals surface area contributed by atoms with Crippen molar-refractivity contribution in [3.05, 3.63) is 70.8 Å². The quantitative estimate of drug-likeness (QED) is 0.891. The second kappa shape index (κ2) is 6.03. The van der Waals surface area contributed by atoms with Crippen molar-refractivity contribution in [1.29, 1.82) is 0 Å². The molecule has 0 saturated heterocycles. The third kappa shape index (κ3) is 2.75. The second-order valence-corrected chi connectivity index (χ2v) is 6.42. The zero-order valence-corrected chi connectivity index (χ0v) is 13.2. The summed E-state index contributed by atoms with van der Waals surface area (Å²) in [6.45, 7) is 3.29. The van der Waals surface area contributed by atoms with Gasteiger partial charge in [-0.3, -0.25) is 0 Å². The van der Waals surface area contributed by atoms with Crippen LogP contribution in [0.5, 0.6) is 0 Å². The Morgan fingerprint density at radius 1 is 1.05 bits per heavy atom. The zero-order chi connectivity index (χ0) is 14.7. The van der Waals surface area contributed by atoms with Crippen LogP contribution in [0.2, 0.25) is 0 Å². The minimum absolute atomic E-state index is 0.246. The molecule has 3 rings (SSSR count). The van der Waals surface area contributed by atoms with E-state index in [1.807, 2.05) is 0 Å². The largest absolute Gasteiger partial charge is 0.319 e. The highest BCUT2D eigenvalue weighted by atomic mass is 14.8. The summed E-state index contributed by atoms with van der Waals surface area (Å²) in [6.07, 6.45) is 4.94. The molecule has 1 atom stereocenters. The molecule has 0 bridgehead atoms. The molecule has 0 aliphatic heterocycles. The lowest BCUT2D eigenvalue weighted by atomic mass is 9.66. The van der Waals surface area contributed by atoms with E-state index >= 15 is 0 Å². The number of rotatable bonds is 4. The Bertz CT molecular complexity index is 617. The van der Waals surface area contributed by atoms with E-state index in [1.54, 1.807) is 11.1 Å². The van der Waals surface area contributed by atoms with Crippen molar-refractivity contribution < 1.29 is 0 Å². The van der Waals surface area contributed by atoms with Crippen LogP contribution in [0.3, 0.4) is 0 Å². The van der Waals surface area contributed by atoms with Gasteiger partial charge in [0.1, 0.15) is 0 Å². The monoisotopic (exact) mass is 279 g/mol. The maximum atomic E-state index is 3.46. The van der Waals surface area contributed by atoms with Crippen molar-refractivity contribution in [1.82, 2.24) is 5.32 Å². The van der Waals surface area contributed by atoms with Crippen molar-refractivity contribution in [3.8, 4) is 0 Å². The minimum atomic E-state index is 0.246. The predicted octanol–water partition coefficient (Wildman–Crippen LogP) is 4.03. The highest BCUT2D eigenvalue weighted by Gasteiger charge is 2.36. The van der Waals surface area contributed by atoms with Gasteiger partial charge >= 0.3 is 0 Å². The van der Waals surface area contributed by atoms with Gasteiger partial charge < -0.3 is 5.32 Å². The Morgan fingerprint density at radius 3 is 2.62 bits per heavy atom. The van der Waals surface area contributed by atoms with E-state index in [1.165, 1.54) is 30.4 Å². The van der Waals surface area contributed by atoms with Crippen LogP contribution >= 0.6 is 0 Å². The normalized spacial score (nSPS) is 21.0. The fourth-order valence-corrected chi connectivity index (χ4v) is 3.95. The summed E-state index contributed by atoms with van der Waals surface area (Å²) in [4.78, 5) is 0. The van der Waals surface area contributed by atoms with Gasteiger partial charge in [0.2, 0.25) is 0 Å². The Balaban J connectivity index is 2.03. The SMILES string of the molecule is CNCC1(Cc2ccccc2C)CCCc2ccccc21. The lowest BCUT2D eigenvalue weighted by Gasteiger charge is -2.40. The van der Waals surface area contributed by atoms with Crippen LogP contribution < -0.4 is 5.32 Å². The van der Waals surface area contributed by atoms with Crippen molar-refractivity contribution in [3.63, 3.8) is 0 Å². The van der Waals surface area contributed by atoms with Crippen LogP contribution in [0.1, 0.15) is 35.1 Å². The predicted molar refractivity (Wildman–Crippen MR) is 89.9 cm³/mol. The molecule has 0 heterocycles. The van der Waals surface area contributed by atoms with E-state index < -0.39 is 0 Å². The molecular formula is C20H25N. The molecule has 0 amide bonds. The van der Waals surface area contributed by atoms with E-state index in [4.69, 9.17) is 0 Å². The molecule has 2 aromatic carbocycles. The second-order valence-electron chi connectivity index (χ2n) is 6.42. The molecule has 1 N–H and O–H groups in total. The molecule has 0 spiro atoms. The van der Waals surface area contributed by atoms with Gasteiger partial charge in [0.15, 0.2) is 0 Å². The Kier molecular flexibility index (Phi) is 4.12. The molecule has 1 aliphatic rings. The van der Waals surface area contributed by atoms with Gasteiger partial charge in [-0.15, -0.1) is 0 Å². The molecular weight excluding hydrogens is 254 g/mol. The molecule has 0 saturated carbocycles. The minimum Gasteiger partial charge on any atom is -0.319 e. The van der Waals surface area contributed by atoms with Gasteiger partial charge in [0.05, 0.1) is 0 Å². The smallest absolute Gasteiger partial charge is 0.0121 e. The maximum Gasteiger partial charge on any atom is 0.0121 e. The number of benzene rings is 2. The Labute approximate surface area is 128 Å². The van der Waals surface area contributed by atoms with Gasteiger partial charge in [0.25, 0.3) is 0 Å². The third-order valence-electron chi connectivity index (χ3n) is 5.00. The van der Waals surface area contributed by atoms with Crippen LogP contribution in [0.25, 0.3) is 0 Å². The number of aryl methyl sites for hydroxylation is 2. The first-order valence-electron chi connectivity index (χ1n) is 8.03. The first-order chi connectivity index (χ1) is 10.2. The van der Waals surface area contributed by atoms with Gasteiger partial charge in [-0.2, -0.15) is 0 Å². The standard InChI is InChI=1S/C20H25N/c1-16-8-3-4-10-18(16)14-20(15-21-2)13-7-11-17-9-5-6-12-19(17)20/h3-6,8-10,12,21H,7,11,13-15H2,1-2H3. The average molecular weight is 279 g/mol. The third-order valence-corrected chi connectivity index (χ3v) is 5.00. The molecule has 1 unspecified atom stereocenters. The number of hydrogen-bond donors (Lipinski definition) is 1. The summed E-state index contributed by atoms with van der Waals surface area (Å²) in [6, 6.07) is 17.9. The molecule has 21 heavy (non-hydrogen) atoms. The highest BCUT2D eigenvalue weighted by Crippen LogP contribution is 2.40. The fraction of sp³-hybridized carbons (Fsp3) is 0.400. The lowest BCUT2D eigenvalue weighted by Crippen LogP contribution is -2.41. The van der Waals surface area contributed by atoms with Gasteiger partial charge in [-0.05, 0) is 61.9 Å². The first-order valence-corrected chi connectivity index (χ1v) is 8.03. The lowest BCUT2D eigenvalue weighted by molar-refractivity contribution is 0.344. The molecule has 0 radical (unpaired) electrons. The van der Waals surface area contributed by atoms with Crippen molar-refractivity contribution in [2.75, 3.05) is 13.6 Å². The summed E-state index contributed by atoms with van der Waals surface area (Å²) in [5.41, 5.74) is 6.26. The average Bonchev–Trinajstić information content (AvgIpc) is 2.50. The summed E-state index contributed by atoms with van der Waals surface area (Å²) >= 11 is 0. The summed E-state index contributed by atoms with van der Waals surface area (Å²) in [7, 11) is 2.08. The summed E-state index contributed by atoms with van der Waals surface area (Å²) in [5, 5.41) is 3.46. The maximum absolute atomic E-state index is 3.46. The van der Waals surface area contributed by atoms with Gasteiger partial charge in [-0.25, -0.2) is 0 Å². The van der Waals surface area contributed by atoms with Crippen LogP contribution in [-0.2, 0) is 18.3 Å². The summed E-state index contributed by atoms with van der Waals surface area (Å²) < 4.78 is 0.